The summed E-state index contributed by atoms with van der Waals surface area (Å²) in [6, 6.07) is 18.5. The number of hydrogen-bond acceptors (Lipinski definition) is 4. The minimum absolute atomic E-state index is 0.0760. The minimum Gasteiger partial charge on any atom is -0.484 e. The predicted octanol–water partition coefficient (Wildman–Crippen LogP) is 5.78. The molecule has 4 rings (SSSR count). The Morgan fingerprint density at radius 3 is 2.76 bits per heavy atom. The van der Waals surface area contributed by atoms with Gasteiger partial charge in [0.1, 0.15) is 11.3 Å². The number of oxazole rings is 1. The number of halogens is 1. The first-order valence-electron chi connectivity index (χ1n) is 9.14. The van der Waals surface area contributed by atoms with Gasteiger partial charge in [0.2, 0.25) is 5.89 Å². The molecule has 0 aliphatic heterocycles. The Labute approximate surface area is 173 Å². The fourth-order valence-corrected chi connectivity index (χ4v) is 3.09. The molecule has 0 radical (unpaired) electrons. The second kappa shape index (κ2) is 7.97. The SMILES string of the molecule is Cc1cccc(OCC(=O)Nc2ccc3oc(-c4ccc(C)c(Cl)c4)nc3c2)c1. The Bertz CT molecular complexity index is 1200. The number of carbonyl (C=O) groups is 1. The lowest BCUT2D eigenvalue weighted by molar-refractivity contribution is -0.118. The molecule has 0 bridgehead atoms. The van der Waals surface area contributed by atoms with Crippen molar-refractivity contribution >= 4 is 34.3 Å². The molecule has 4 aromatic rings. The van der Waals surface area contributed by atoms with Crippen LogP contribution in [0.4, 0.5) is 5.69 Å². The van der Waals surface area contributed by atoms with Crippen molar-refractivity contribution in [3.63, 3.8) is 0 Å². The van der Waals surface area contributed by atoms with Crippen molar-refractivity contribution < 1.29 is 13.9 Å². The number of rotatable bonds is 5. The van der Waals surface area contributed by atoms with Crippen LogP contribution >= 0.6 is 11.6 Å². The first kappa shape index (κ1) is 19.0. The lowest BCUT2D eigenvalue weighted by Crippen LogP contribution is -2.20. The highest BCUT2D eigenvalue weighted by Crippen LogP contribution is 2.29. The Morgan fingerprint density at radius 2 is 1.97 bits per heavy atom. The van der Waals surface area contributed by atoms with Crippen molar-refractivity contribution in [3.8, 4) is 17.2 Å². The monoisotopic (exact) mass is 406 g/mol. The first-order valence-corrected chi connectivity index (χ1v) is 9.52. The molecular formula is C23H19ClN2O3. The quantitative estimate of drug-likeness (QED) is 0.456. The highest BCUT2D eigenvalue weighted by atomic mass is 35.5. The number of aromatic nitrogens is 1. The normalized spacial score (nSPS) is 10.9. The number of nitrogens with zero attached hydrogens (tertiary/aromatic N) is 1. The molecule has 0 unspecified atom stereocenters. The van der Waals surface area contributed by atoms with Gasteiger partial charge in [0.05, 0.1) is 0 Å². The van der Waals surface area contributed by atoms with Gasteiger partial charge in [0, 0.05) is 16.3 Å². The van der Waals surface area contributed by atoms with Gasteiger partial charge in [-0.25, -0.2) is 4.98 Å². The molecule has 6 heteroatoms. The van der Waals surface area contributed by atoms with E-state index in [1.165, 1.54) is 0 Å². The maximum atomic E-state index is 12.2. The van der Waals surface area contributed by atoms with Crippen LogP contribution < -0.4 is 10.1 Å². The van der Waals surface area contributed by atoms with Gasteiger partial charge in [-0.2, -0.15) is 0 Å². The van der Waals surface area contributed by atoms with Crippen molar-refractivity contribution in [2.24, 2.45) is 0 Å². The maximum Gasteiger partial charge on any atom is 0.262 e. The number of ether oxygens (including phenoxy) is 1. The van der Waals surface area contributed by atoms with Crippen molar-refractivity contribution in [3.05, 3.63) is 76.8 Å². The summed E-state index contributed by atoms with van der Waals surface area (Å²) < 4.78 is 11.4. The van der Waals surface area contributed by atoms with E-state index < -0.39 is 0 Å². The van der Waals surface area contributed by atoms with Gasteiger partial charge in [-0.15, -0.1) is 0 Å². The fourth-order valence-electron chi connectivity index (χ4n) is 2.91. The smallest absolute Gasteiger partial charge is 0.262 e. The molecule has 5 nitrogen and oxygen atoms in total. The molecule has 0 fully saturated rings. The lowest BCUT2D eigenvalue weighted by Gasteiger charge is -2.08. The summed E-state index contributed by atoms with van der Waals surface area (Å²) in [5.74, 6) is 0.890. The van der Waals surface area contributed by atoms with Crippen LogP contribution in [0.2, 0.25) is 5.02 Å². The molecule has 3 aromatic carbocycles. The summed E-state index contributed by atoms with van der Waals surface area (Å²) in [4.78, 5) is 16.7. The van der Waals surface area contributed by atoms with Crippen LogP contribution in [0, 0.1) is 13.8 Å². The van der Waals surface area contributed by atoms with Crippen LogP contribution in [0.5, 0.6) is 5.75 Å². The Hall–Kier alpha value is -3.31. The van der Waals surface area contributed by atoms with Gasteiger partial charge in [-0.05, 0) is 67.4 Å². The molecule has 29 heavy (non-hydrogen) atoms. The van der Waals surface area contributed by atoms with E-state index in [4.69, 9.17) is 20.8 Å². The van der Waals surface area contributed by atoms with Crippen molar-refractivity contribution in [2.75, 3.05) is 11.9 Å². The van der Waals surface area contributed by atoms with Crippen LogP contribution in [0.3, 0.4) is 0 Å². The number of hydrogen-bond donors (Lipinski definition) is 1. The van der Waals surface area contributed by atoms with Gasteiger partial charge in [-0.3, -0.25) is 4.79 Å². The van der Waals surface area contributed by atoms with Crippen LogP contribution in [0.1, 0.15) is 11.1 Å². The zero-order valence-corrected chi connectivity index (χ0v) is 16.8. The third-order valence-corrected chi connectivity index (χ3v) is 4.86. The Kier molecular flexibility index (Phi) is 5.23. The Balaban J connectivity index is 1.47. The van der Waals surface area contributed by atoms with Gasteiger partial charge in [0.15, 0.2) is 12.2 Å². The lowest BCUT2D eigenvalue weighted by atomic mass is 10.1. The van der Waals surface area contributed by atoms with E-state index in [1.807, 2.05) is 56.3 Å². The molecule has 0 aliphatic rings. The molecular weight excluding hydrogens is 388 g/mol. The molecule has 0 atom stereocenters. The average Bonchev–Trinajstić information content (AvgIpc) is 3.12. The Morgan fingerprint density at radius 1 is 1.10 bits per heavy atom. The number of aryl methyl sites for hydroxylation is 2. The van der Waals surface area contributed by atoms with Crippen LogP contribution in [-0.2, 0) is 4.79 Å². The fraction of sp³-hybridized carbons (Fsp3) is 0.130. The molecule has 1 aromatic heterocycles. The van der Waals surface area contributed by atoms with E-state index in [2.05, 4.69) is 10.3 Å². The second-order valence-corrected chi connectivity index (χ2v) is 7.23. The molecule has 1 heterocycles. The highest BCUT2D eigenvalue weighted by Gasteiger charge is 2.11. The largest absolute Gasteiger partial charge is 0.484 e. The first-order chi connectivity index (χ1) is 14.0. The van der Waals surface area contributed by atoms with Gasteiger partial charge in [0.25, 0.3) is 5.91 Å². The number of benzene rings is 3. The number of anilines is 1. The minimum atomic E-state index is -0.250. The summed E-state index contributed by atoms with van der Waals surface area (Å²) in [5, 5.41) is 3.48. The molecule has 1 amide bonds. The zero-order valence-electron chi connectivity index (χ0n) is 16.0. The van der Waals surface area contributed by atoms with Gasteiger partial charge >= 0.3 is 0 Å². The van der Waals surface area contributed by atoms with E-state index in [1.54, 1.807) is 18.2 Å². The number of fused-ring (bicyclic) bond motifs is 1. The molecule has 0 aliphatic carbocycles. The number of nitrogens with one attached hydrogen (secondary N) is 1. The van der Waals surface area contributed by atoms with E-state index in [0.717, 1.165) is 16.7 Å². The van der Waals surface area contributed by atoms with E-state index >= 15 is 0 Å². The second-order valence-electron chi connectivity index (χ2n) is 6.82. The van der Waals surface area contributed by atoms with Crippen molar-refractivity contribution in [2.45, 2.75) is 13.8 Å². The van der Waals surface area contributed by atoms with E-state index in [9.17, 15) is 4.79 Å². The predicted molar refractivity (Wildman–Crippen MR) is 114 cm³/mol. The molecule has 0 saturated carbocycles. The highest BCUT2D eigenvalue weighted by molar-refractivity contribution is 6.31. The number of amides is 1. The molecule has 1 N–H and O–H groups in total. The van der Waals surface area contributed by atoms with E-state index in [-0.39, 0.29) is 12.5 Å². The molecule has 146 valence electrons. The van der Waals surface area contributed by atoms with Crippen LogP contribution in [0.25, 0.3) is 22.6 Å². The van der Waals surface area contributed by atoms with Gasteiger partial charge < -0.3 is 14.5 Å². The van der Waals surface area contributed by atoms with Crippen LogP contribution in [0.15, 0.2) is 65.1 Å². The summed E-state index contributed by atoms with van der Waals surface area (Å²) >= 11 is 6.20. The standard InChI is InChI=1S/C23H19ClN2O3/c1-14-4-3-5-18(10-14)28-13-22(27)25-17-8-9-21-20(12-17)26-23(29-21)16-7-6-15(2)19(24)11-16/h3-12H,13H2,1-2H3,(H,25,27). The third kappa shape index (κ3) is 4.41. The van der Waals surface area contributed by atoms with Crippen molar-refractivity contribution in [1.82, 2.24) is 4.98 Å². The van der Waals surface area contributed by atoms with Crippen LogP contribution in [-0.4, -0.2) is 17.5 Å². The van der Waals surface area contributed by atoms with E-state index in [0.29, 0.717) is 33.4 Å². The van der Waals surface area contributed by atoms with Crippen molar-refractivity contribution in [1.29, 1.82) is 0 Å². The third-order valence-electron chi connectivity index (χ3n) is 4.45. The average molecular weight is 407 g/mol. The summed E-state index contributed by atoms with van der Waals surface area (Å²) in [7, 11) is 0. The topological polar surface area (TPSA) is 64.4 Å². The van der Waals surface area contributed by atoms with Gasteiger partial charge in [-0.1, -0.05) is 29.8 Å². The number of carbonyl (C=O) groups excluding carboxylic acids is 1. The summed E-state index contributed by atoms with van der Waals surface area (Å²) in [6.45, 7) is 3.84. The summed E-state index contributed by atoms with van der Waals surface area (Å²) in [5.41, 5.74) is 4.76. The zero-order chi connectivity index (χ0) is 20.4. The molecule has 0 saturated heterocycles. The molecule has 0 spiro atoms. The maximum absolute atomic E-state index is 12.2. The summed E-state index contributed by atoms with van der Waals surface area (Å²) in [6.07, 6.45) is 0.